The fourth-order valence-electron chi connectivity index (χ4n) is 7.66. The quantitative estimate of drug-likeness (QED) is 0.525. The average Bonchev–Trinajstić information content (AvgIpc) is 2.54. The van der Waals surface area contributed by atoms with Crippen molar-refractivity contribution in [3.8, 4) is 0 Å². The highest BCUT2D eigenvalue weighted by Gasteiger charge is 2.60. The van der Waals surface area contributed by atoms with Gasteiger partial charge in [-0.3, -0.25) is 4.79 Å². The van der Waals surface area contributed by atoms with E-state index in [1.807, 2.05) is 0 Å². The van der Waals surface area contributed by atoms with Crippen LogP contribution in [0.1, 0.15) is 85.0 Å². The number of allylic oxidation sites excluding steroid dienone is 1. The Bertz CT molecular complexity index is 548. The standard InChI is InChI=1S/C23H36O/c1-15(2)17-8-7-16-9-10-18-21-20(24)6-5-11-22(21,3)12-13-23(18,4)19(16)14-17/h16-19,21H,1,5-14H2,2-4H3/t16?,17-,18+,19+,21-,22+,23-/m0/s1. The lowest BCUT2D eigenvalue weighted by Gasteiger charge is -2.63. The summed E-state index contributed by atoms with van der Waals surface area (Å²) in [7, 11) is 0. The molecular formula is C23H36O. The van der Waals surface area contributed by atoms with E-state index in [9.17, 15) is 4.79 Å². The molecule has 7 atom stereocenters. The second-order valence-corrected chi connectivity index (χ2v) is 10.4. The van der Waals surface area contributed by atoms with Gasteiger partial charge in [-0.15, -0.1) is 0 Å². The molecule has 4 fully saturated rings. The minimum Gasteiger partial charge on any atom is -0.299 e. The third kappa shape index (κ3) is 2.36. The zero-order valence-electron chi connectivity index (χ0n) is 16.1. The van der Waals surface area contributed by atoms with Gasteiger partial charge in [0.2, 0.25) is 0 Å². The van der Waals surface area contributed by atoms with Gasteiger partial charge in [0.25, 0.3) is 0 Å². The van der Waals surface area contributed by atoms with Crippen LogP contribution in [-0.4, -0.2) is 5.78 Å². The Morgan fingerprint density at radius 2 is 1.79 bits per heavy atom. The highest BCUT2D eigenvalue weighted by molar-refractivity contribution is 5.83. The molecule has 1 heteroatoms. The molecule has 0 heterocycles. The van der Waals surface area contributed by atoms with Crippen molar-refractivity contribution in [3.05, 3.63) is 12.2 Å². The summed E-state index contributed by atoms with van der Waals surface area (Å²) in [5, 5.41) is 0. The van der Waals surface area contributed by atoms with Crippen molar-refractivity contribution < 1.29 is 4.79 Å². The fraction of sp³-hybridized carbons (Fsp3) is 0.870. The Morgan fingerprint density at radius 1 is 1.04 bits per heavy atom. The van der Waals surface area contributed by atoms with Gasteiger partial charge in [0.05, 0.1) is 0 Å². The molecule has 0 radical (unpaired) electrons. The molecule has 4 saturated carbocycles. The van der Waals surface area contributed by atoms with Crippen molar-refractivity contribution in [2.45, 2.75) is 85.0 Å². The molecule has 0 aromatic rings. The molecule has 1 nitrogen and oxygen atoms in total. The minimum atomic E-state index is 0.314. The molecule has 134 valence electrons. The molecule has 0 saturated heterocycles. The summed E-state index contributed by atoms with van der Waals surface area (Å²) in [5.74, 6) is 4.14. The summed E-state index contributed by atoms with van der Waals surface area (Å²) in [4.78, 5) is 12.9. The van der Waals surface area contributed by atoms with Crippen molar-refractivity contribution in [1.29, 1.82) is 0 Å². The first-order valence-electron chi connectivity index (χ1n) is 10.5. The number of fused-ring (bicyclic) bond motifs is 5. The Hall–Kier alpha value is -0.590. The van der Waals surface area contributed by atoms with Crippen molar-refractivity contribution in [1.82, 2.24) is 0 Å². The average molecular weight is 329 g/mol. The van der Waals surface area contributed by atoms with Gasteiger partial charge in [-0.25, -0.2) is 0 Å². The predicted molar refractivity (Wildman–Crippen MR) is 99.7 cm³/mol. The van der Waals surface area contributed by atoms with Crippen molar-refractivity contribution in [2.75, 3.05) is 0 Å². The topological polar surface area (TPSA) is 17.1 Å². The predicted octanol–water partition coefficient (Wildman–Crippen LogP) is 6.18. The monoisotopic (exact) mass is 328 g/mol. The SMILES string of the molecule is C=C(C)[C@H]1CCC2CC[C@@H]3[C@H]4C(=O)CCC[C@]4(C)CC[C@]3(C)[C@@H]2C1. The molecule has 1 unspecified atom stereocenters. The molecule has 0 aromatic heterocycles. The lowest BCUT2D eigenvalue weighted by molar-refractivity contribution is -0.162. The molecule has 0 aliphatic heterocycles. The maximum atomic E-state index is 12.9. The first kappa shape index (κ1) is 16.9. The van der Waals surface area contributed by atoms with Crippen LogP contribution in [0.25, 0.3) is 0 Å². The number of carbonyl (C=O) groups excluding carboxylic acids is 1. The Kier molecular flexibility index (Phi) is 4.01. The van der Waals surface area contributed by atoms with Gasteiger partial charge < -0.3 is 0 Å². The van der Waals surface area contributed by atoms with Gasteiger partial charge in [-0.05, 0) is 99.2 Å². The Labute approximate surface area is 148 Å². The van der Waals surface area contributed by atoms with Crippen LogP contribution in [0.2, 0.25) is 0 Å². The van der Waals surface area contributed by atoms with Gasteiger partial charge in [0, 0.05) is 12.3 Å². The molecule has 0 N–H and O–H groups in total. The summed E-state index contributed by atoms with van der Waals surface area (Å²) in [6.45, 7) is 11.5. The van der Waals surface area contributed by atoms with Crippen LogP contribution < -0.4 is 0 Å². The van der Waals surface area contributed by atoms with E-state index in [0.29, 0.717) is 28.4 Å². The smallest absolute Gasteiger partial charge is 0.136 e. The highest BCUT2D eigenvalue weighted by atomic mass is 16.1. The van der Waals surface area contributed by atoms with Gasteiger partial charge in [-0.1, -0.05) is 26.0 Å². The van der Waals surface area contributed by atoms with Crippen LogP contribution in [0.5, 0.6) is 0 Å². The van der Waals surface area contributed by atoms with Gasteiger partial charge >= 0.3 is 0 Å². The van der Waals surface area contributed by atoms with E-state index in [2.05, 4.69) is 27.4 Å². The zero-order valence-corrected chi connectivity index (χ0v) is 16.1. The van der Waals surface area contributed by atoms with Crippen molar-refractivity contribution >= 4 is 5.78 Å². The van der Waals surface area contributed by atoms with Crippen LogP contribution in [-0.2, 0) is 4.79 Å². The molecule has 4 rings (SSSR count). The van der Waals surface area contributed by atoms with E-state index in [1.165, 1.54) is 56.9 Å². The molecule has 24 heavy (non-hydrogen) atoms. The first-order valence-corrected chi connectivity index (χ1v) is 10.5. The largest absolute Gasteiger partial charge is 0.299 e. The molecule has 0 spiro atoms. The second kappa shape index (κ2) is 5.71. The summed E-state index contributed by atoms with van der Waals surface area (Å²) in [6, 6.07) is 0. The van der Waals surface area contributed by atoms with E-state index in [4.69, 9.17) is 0 Å². The fourth-order valence-corrected chi connectivity index (χ4v) is 7.66. The summed E-state index contributed by atoms with van der Waals surface area (Å²) >= 11 is 0. The van der Waals surface area contributed by atoms with Crippen molar-refractivity contribution in [2.24, 2.45) is 40.4 Å². The molecule has 0 bridgehead atoms. The highest BCUT2D eigenvalue weighted by Crippen LogP contribution is 2.66. The van der Waals surface area contributed by atoms with Crippen LogP contribution >= 0.6 is 0 Å². The second-order valence-electron chi connectivity index (χ2n) is 10.4. The van der Waals surface area contributed by atoms with Crippen LogP contribution in [0.3, 0.4) is 0 Å². The number of hydrogen-bond donors (Lipinski definition) is 0. The number of ketones is 1. The van der Waals surface area contributed by atoms with Gasteiger partial charge in [0.1, 0.15) is 5.78 Å². The van der Waals surface area contributed by atoms with Crippen LogP contribution in [0.15, 0.2) is 12.2 Å². The number of hydrogen-bond acceptors (Lipinski definition) is 1. The maximum absolute atomic E-state index is 12.9. The van der Waals surface area contributed by atoms with Crippen LogP contribution in [0.4, 0.5) is 0 Å². The number of Topliss-reactive ketones (excluding diaryl/α,β-unsaturated/α-hetero) is 1. The molecule has 4 aliphatic carbocycles. The lowest BCUT2D eigenvalue weighted by Crippen LogP contribution is -2.57. The van der Waals surface area contributed by atoms with E-state index < -0.39 is 0 Å². The van der Waals surface area contributed by atoms with E-state index in [0.717, 1.165) is 30.6 Å². The third-order valence-corrected chi connectivity index (χ3v) is 9.14. The summed E-state index contributed by atoms with van der Waals surface area (Å²) in [5.41, 5.74) is 2.12. The summed E-state index contributed by atoms with van der Waals surface area (Å²) in [6.07, 6.45) is 12.8. The van der Waals surface area contributed by atoms with Gasteiger partial charge in [-0.2, -0.15) is 0 Å². The Balaban J connectivity index is 1.66. The minimum absolute atomic E-state index is 0.314. The molecular weight excluding hydrogens is 292 g/mol. The molecule has 0 amide bonds. The zero-order chi connectivity index (χ0) is 17.1. The summed E-state index contributed by atoms with van der Waals surface area (Å²) < 4.78 is 0. The van der Waals surface area contributed by atoms with E-state index in [1.54, 1.807) is 0 Å². The Morgan fingerprint density at radius 3 is 2.54 bits per heavy atom. The maximum Gasteiger partial charge on any atom is 0.136 e. The molecule has 4 aliphatic rings. The third-order valence-electron chi connectivity index (χ3n) is 9.14. The lowest BCUT2D eigenvalue weighted by atomic mass is 9.41. The first-order chi connectivity index (χ1) is 11.3. The normalized spacial score (nSPS) is 51.3. The van der Waals surface area contributed by atoms with Gasteiger partial charge in [0.15, 0.2) is 0 Å². The molecule has 0 aromatic carbocycles. The number of carbonyl (C=O) groups is 1. The van der Waals surface area contributed by atoms with E-state index in [-0.39, 0.29) is 0 Å². The van der Waals surface area contributed by atoms with Crippen molar-refractivity contribution in [3.63, 3.8) is 0 Å². The van der Waals surface area contributed by atoms with E-state index >= 15 is 0 Å². The number of rotatable bonds is 1. The van der Waals surface area contributed by atoms with Crippen LogP contribution in [0, 0.1) is 40.4 Å².